The summed E-state index contributed by atoms with van der Waals surface area (Å²) in [5.74, 6) is -1.92. The molecule has 0 bridgehead atoms. The molecule has 2 unspecified atom stereocenters. The molecular formula is C29H23Cl2FNO5S+. The maximum Gasteiger partial charge on any atom is 0.527 e. The van der Waals surface area contributed by atoms with Crippen molar-refractivity contribution in [2.24, 2.45) is 0 Å². The molecule has 0 aliphatic carbocycles. The molecular weight excluding hydrogens is 564 g/mol. The van der Waals surface area contributed by atoms with Crippen molar-refractivity contribution in [3.63, 3.8) is 0 Å². The van der Waals surface area contributed by atoms with E-state index in [4.69, 9.17) is 32.7 Å². The van der Waals surface area contributed by atoms with Crippen LogP contribution in [0.5, 0.6) is 0 Å². The first-order valence-corrected chi connectivity index (χ1v) is 13.4. The van der Waals surface area contributed by atoms with Crippen LogP contribution in [0.25, 0.3) is 10.4 Å². The molecule has 0 fully saturated rings. The van der Waals surface area contributed by atoms with Crippen molar-refractivity contribution < 1.29 is 33.1 Å². The number of hydrogen-bond donors (Lipinski definition) is 1. The first-order chi connectivity index (χ1) is 18.8. The second-order valence-corrected chi connectivity index (χ2v) is 10.1. The van der Waals surface area contributed by atoms with Gasteiger partial charge in [-0.2, -0.15) is 4.79 Å². The Morgan fingerprint density at radius 3 is 2.28 bits per heavy atom. The van der Waals surface area contributed by atoms with Crippen LogP contribution < -0.4 is 4.90 Å². The van der Waals surface area contributed by atoms with Gasteiger partial charge in [0.1, 0.15) is 12.2 Å². The van der Waals surface area contributed by atoms with Crippen molar-refractivity contribution in [2.75, 3.05) is 7.11 Å². The van der Waals surface area contributed by atoms with Crippen molar-refractivity contribution in [2.45, 2.75) is 19.2 Å². The van der Waals surface area contributed by atoms with Gasteiger partial charge in [0.25, 0.3) is 0 Å². The number of carbonyl (C=O) groups excluding carboxylic acids is 3. The zero-order valence-electron chi connectivity index (χ0n) is 20.7. The molecule has 0 spiro atoms. The standard InChI is InChI=1S/C29H22Cl2FNO5S/c1-37-28(35)25-24(17-39-26(25)19-11-13-21(30)14-12-19)33(29(36)38-16-18-7-3-2-4-8-18)27(34)23(32)15-20-9-5-6-10-22(20)31/h2-14,17,23H,15-16H2,1H3/p+1. The molecule has 1 heterocycles. The summed E-state index contributed by atoms with van der Waals surface area (Å²) >= 11 is 13.3. The number of benzene rings is 3. The SMILES string of the molecule is COC(=O)c1c([NH+](C(=O)OCc2ccccc2)C(=O)C(F)Cc2ccccc2Cl)csc1-c1ccc(Cl)cc1. The van der Waals surface area contributed by atoms with E-state index in [1.807, 2.05) is 0 Å². The van der Waals surface area contributed by atoms with Crippen molar-refractivity contribution in [3.8, 4) is 10.4 Å². The number of thiophene rings is 1. The average molecular weight is 587 g/mol. The number of quaternary nitrogens is 1. The van der Waals surface area contributed by atoms with E-state index in [0.717, 1.165) is 11.3 Å². The Labute approximate surface area is 238 Å². The van der Waals surface area contributed by atoms with E-state index in [1.165, 1.54) is 12.5 Å². The molecule has 6 nitrogen and oxygen atoms in total. The van der Waals surface area contributed by atoms with Gasteiger partial charge in [0.05, 0.1) is 17.4 Å². The molecule has 0 radical (unpaired) electrons. The van der Waals surface area contributed by atoms with E-state index >= 15 is 4.39 Å². The summed E-state index contributed by atoms with van der Waals surface area (Å²) in [4.78, 5) is 39.8. The van der Waals surface area contributed by atoms with Crippen LogP contribution in [0.15, 0.2) is 84.2 Å². The zero-order valence-corrected chi connectivity index (χ0v) is 23.0. The zero-order chi connectivity index (χ0) is 27.9. The summed E-state index contributed by atoms with van der Waals surface area (Å²) in [7, 11) is 1.18. The van der Waals surface area contributed by atoms with Gasteiger partial charge in [0.2, 0.25) is 6.17 Å². The number of ether oxygens (including phenoxy) is 2. The molecule has 0 saturated carbocycles. The number of alkyl halides is 1. The maximum atomic E-state index is 15.5. The lowest BCUT2D eigenvalue weighted by atomic mass is 10.1. The number of amides is 2. The van der Waals surface area contributed by atoms with E-state index in [-0.39, 0.29) is 29.3 Å². The number of halogens is 3. The van der Waals surface area contributed by atoms with Gasteiger partial charge in [-0.3, -0.25) is 0 Å². The van der Waals surface area contributed by atoms with Gasteiger partial charge in [-0.1, -0.05) is 83.9 Å². The van der Waals surface area contributed by atoms with Gasteiger partial charge in [0, 0.05) is 16.5 Å². The van der Waals surface area contributed by atoms with E-state index in [0.29, 0.717) is 26.6 Å². The number of methoxy groups -OCH3 is 1. The highest BCUT2D eigenvalue weighted by atomic mass is 35.5. The summed E-state index contributed by atoms with van der Waals surface area (Å²) in [5.41, 5.74) is 1.56. The van der Waals surface area contributed by atoms with Gasteiger partial charge in [-0.15, -0.1) is 16.2 Å². The number of imide groups is 1. The summed E-state index contributed by atoms with van der Waals surface area (Å²) in [6, 6.07) is 22.0. The van der Waals surface area contributed by atoms with Gasteiger partial charge in [-0.05, 0) is 34.9 Å². The van der Waals surface area contributed by atoms with Crippen LogP contribution in [0, 0.1) is 0 Å². The Morgan fingerprint density at radius 1 is 0.949 bits per heavy atom. The molecule has 4 rings (SSSR count). The van der Waals surface area contributed by atoms with Crippen LogP contribution >= 0.6 is 34.5 Å². The van der Waals surface area contributed by atoms with E-state index < -0.39 is 29.0 Å². The monoisotopic (exact) mass is 586 g/mol. The van der Waals surface area contributed by atoms with Crippen LogP contribution in [0.4, 0.5) is 14.9 Å². The fourth-order valence-corrected chi connectivity index (χ4v) is 5.30. The Bertz CT molecular complexity index is 1480. The summed E-state index contributed by atoms with van der Waals surface area (Å²) < 4.78 is 26.0. The Kier molecular flexibility index (Phi) is 9.48. The smallest absolute Gasteiger partial charge is 0.465 e. The highest BCUT2D eigenvalue weighted by Gasteiger charge is 2.43. The minimum atomic E-state index is -2.13. The first kappa shape index (κ1) is 28.4. The van der Waals surface area contributed by atoms with Crippen molar-refractivity contribution in [1.29, 1.82) is 0 Å². The predicted octanol–water partition coefficient (Wildman–Crippen LogP) is 6.47. The van der Waals surface area contributed by atoms with Crippen LogP contribution in [-0.2, 0) is 27.3 Å². The van der Waals surface area contributed by atoms with Gasteiger partial charge in [-0.25, -0.2) is 14.0 Å². The molecule has 4 aromatic rings. The largest absolute Gasteiger partial charge is 0.527 e. The second kappa shape index (κ2) is 13.0. The number of hydrogen-bond acceptors (Lipinski definition) is 6. The van der Waals surface area contributed by atoms with Gasteiger partial charge in [0.15, 0.2) is 5.69 Å². The molecule has 0 aliphatic rings. The molecule has 2 atom stereocenters. The lowest BCUT2D eigenvalue weighted by Crippen LogP contribution is -3.14. The topological polar surface area (TPSA) is 74.1 Å². The van der Waals surface area contributed by atoms with Crippen molar-refractivity contribution >= 4 is 58.2 Å². The maximum absolute atomic E-state index is 15.5. The fraction of sp³-hybridized carbons (Fsp3) is 0.138. The lowest BCUT2D eigenvalue weighted by Gasteiger charge is -2.17. The van der Waals surface area contributed by atoms with E-state index in [1.54, 1.807) is 78.9 Å². The molecule has 0 aliphatic heterocycles. The number of nitrogens with one attached hydrogen (secondary N) is 1. The van der Waals surface area contributed by atoms with Crippen LogP contribution in [0.1, 0.15) is 21.5 Å². The van der Waals surface area contributed by atoms with E-state index in [9.17, 15) is 14.4 Å². The summed E-state index contributed by atoms with van der Waals surface area (Å²) in [6.45, 7) is -0.153. The highest BCUT2D eigenvalue weighted by molar-refractivity contribution is 7.14. The number of esters is 1. The summed E-state index contributed by atoms with van der Waals surface area (Å²) in [6.07, 6.45) is -3.56. The minimum Gasteiger partial charge on any atom is -0.465 e. The molecule has 39 heavy (non-hydrogen) atoms. The molecule has 200 valence electrons. The predicted molar refractivity (Wildman–Crippen MR) is 148 cm³/mol. The number of carbonyl (C=O) groups is 3. The Balaban J connectivity index is 1.75. The average Bonchev–Trinajstić information content (AvgIpc) is 3.38. The van der Waals surface area contributed by atoms with Gasteiger partial charge < -0.3 is 9.47 Å². The minimum absolute atomic E-state index is 0.0465. The Hall–Kier alpha value is -3.56. The molecule has 1 N–H and O–H groups in total. The highest BCUT2D eigenvalue weighted by Crippen LogP contribution is 2.35. The normalized spacial score (nSPS) is 12.4. The van der Waals surface area contributed by atoms with Crippen LogP contribution in [0.3, 0.4) is 0 Å². The van der Waals surface area contributed by atoms with Crippen LogP contribution in [-0.4, -0.2) is 31.3 Å². The molecule has 1 aromatic heterocycles. The third-order valence-corrected chi connectivity index (χ3v) is 7.51. The molecule has 0 saturated heterocycles. The molecule has 10 heteroatoms. The third-order valence-electron chi connectivity index (χ3n) is 5.86. The molecule has 3 aromatic carbocycles. The quantitative estimate of drug-likeness (QED) is 0.239. The van der Waals surface area contributed by atoms with Crippen molar-refractivity contribution in [3.05, 3.63) is 111 Å². The Morgan fingerprint density at radius 2 is 1.62 bits per heavy atom. The van der Waals surface area contributed by atoms with Crippen molar-refractivity contribution in [1.82, 2.24) is 0 Å². The van der Waals surface area contributed by atoms with E-state index in [2.05, 4.69) is 0 Å². The summed E-state index contributed by atoms with van der Waals surface area (Å²) in [5, 5.41) is 2.23. The third kappa shape index (κ3) is 6.72. The lowest BCUT2D eigenvalue weighted by molar-refractivity contribution is -0.670. The van der Waals surface area contributed by atoms with Crippen LogP contribution in [0.2, 0.25) is 10.0 Å². The first-order valence-electron chi connectivity index (χ1n) is 11.8. The molecule has 2 amide bonds. The fourth-order valence-electron chi connectivity index (χ4n) is 3.91. The number of rotatable bonds is 8. The number of alkyl carbamates (subject to hydrolysis) is 1. The van der Waals surface area contributed by atoms with Gasteiger partial charge >= 0.3 is 18.0 Å². The second-order valence-electron chi connectivity index (χ2n) is 8.42.